The van der Waals surface area contributed by atoms with Gasteiger partial charge in [-0.15, -0.1) is 0 Å². The number of aliphatic hydroxyl groups is 1. The van der Waals surface area contributed by atoms with Gasteiger partial charge in [0.05, 0.1) is 6.61 Å². The van der Waals surface area contributed by atoms with Crippen molar-refractivity contribution in [3.8, 4) is 11.5 Å². The average Bonchev–Trinajstić information content (AvgIpc) is 2.80. The van der Waals surface area contributed by atoms with Crippen molar-refractivity contribution in [3.05, 3.63) is 23.8 Å². The van der Waals surface area contributed by atoms with Crippen LogP contribution < -0.4 is 9.47 Å². The molecule has 4 heteroatoms. The first-order valence-corrected chi connectivity index (χ1v) is 6.61. The fourth-order valence-corrected chi connectivity index (χ4v) is 1.79. The van der Waals surface area contributed by atoms with Gasteiger partial charge in [0.25, 0.3) is 0 Å². The molecule has 0 aromatic heterocycles. The Labute approximate surface area is 114 Å². The number of rotatable bonds is 5. The van der Waals surface area contributed by atoms with Crippen LogP contribution >= 0.6 is 0 Å². The number of hydrogen-bond donors (Lipinski definition) is 1. The maximum absolute atomic E-state index is 10.1. The molecule has 0 saturated carbocycles. The van der Waals surface area contributed by atoms with Crippen molar-refractivity contribution in [2.75, 3.05) is 20.0 Å². The first-order valence-electron chi connectivity index (χ1n) is 6.61. The van der Waals surface area contributed by atoms with E-state index in [1.54, 1.807) is 6.07 Å². The Hall–Kier alpha value is -1.26. The summed E-state index contributed by atoms with van der Waals surface area (Å²) in [7, 11) is 0. The Morgan fingerprint density at radius 1 is 1.26 bits per heavy atom. The molecule has 0 radical (unpaired) electrons. The summed E-state index contributed by atoms with van der Waals surface area (Å²) in [5, 5.41) is 10.1. The zero-order chi connectivity index (χ0) is 13.9. The molecular weight excluding hydrogens is 244 g/mol. The van der Waals surface area contributed by atoms with Crippen molar-refractivity contribution in [1.82, 2.24) is 0 Å². The minimum absolute atomic E-state index is 0.247. The van der Waals surface area contributed by atoms with E-state index in [0.29, 0.717) is 19.0 Å². The van der Waals surface area contributed by atoms with Gasteiger partial charge < -0.3 is 19.3 Å². The Balaban J connectivity index is 1.81. The fourth-order valence-electron chi connectivity index (χ4n) is 1.79. The van der Waals surface area contributed by atoms with E-state index in [9.17, 15) is 5.11 Å². The molecule has 0 saturated heterocycles. The van der Waals surface area contributed by atoms with Crippen molar-refractivity contribution < 1.29 is 19.3 Å². The van der Waals surface area contributed by atoms with E-state index in [4.69, 9.17) is 14.2 Å². The summed E-state index contributed by atoms with van der Waals surface area (Å²) in [5.41, 5.74) is 1.05. The maximum Gasteiger partial charge on any atom is 0.231 e. The van der Waals surface area contributed by atoms with Crippen LogP contribution in [-0.4, -0.2) is 25.1 Å². The van der Waals surface area contributed by atoms with Crippen LogP contribution in [-0.2, 0) is 4.74 Å². The van der Waals surface area contributed by atoms with Gasteiger partial charge in [-0.1, -0.05) is 26.8 Å². The molecule has 1 unspecified atom stereocenters. The lowest BCUT2D eigenvalue weighted by atomic mass is 9.93. The molecule has 19 heavy (non-hydrogen) atoms. The number of fused-ring (bicyclic) bond motifs is 1. The second kappa shape index (κ2) is 5.80. The standard InChI is InChI=1S/C15H22O4/c1-15(2,3)6-7-17-9-12(16)11-4-5-13-14(8-11)19-10-18-13/h4-5,8,12,16H,6-7,9-10H2,1-3H3. The predicted octanol–water partition coefficient (Wildman–Crippen LogP) is 2.90. The van der Waals surface area contributed by atoms with Crippen molar-refractivity contribution in [1.29, 1.82) is 0 Å². The topological polar surface area (TPSA) is 47.9 Å². The van der Waals surface area contributed by atoms with Gasteiger partial charge in [-0.25, -0.2) is 0 Å². The highest BCUT2D eigenvalue weighted by Gasteiger charge is 2.17. The smallest absolute Gasteiger partial charge is 0.231 e. The summed E-state index contributed by atoms with van der Waals surface area (Å²) < 4.78 is 16.0. The van der Waals surface area contributed by atoms with Gasteiger partial charge in [0, 0.05) is 6.61 Å². The third kappa shape index (κ3) is 4.11. The van der Waals surface area contributed by atoms with Gasteiger partial charge in [0.2, 0.25) is 6.79 Å². The Kier molecular flexibility index (Phi) is 4.32. The van der Waals surface area contributed by atoms with E-state index < -0.39 is 6.10 Å². The second-order valence-corrected chi connectivity index (χ2v) is 6.01. The molecule has 0 aliphatic carbocycles. The van der Waals surface area contributed by atoms with Gasteiger partial charge in [-0.3, -0.25) is 0 Å². The summed E-state index contributed by atoms with van der Waals surface area (Å²) in [6.07, 6.45) is 0.343. The summed E-state index contributed by atoms with van der Waals surface area (Å²) >= 11 is 0. The molecule has 0 fully saturated rings. The molecule has 1 atom stereocenters. The molecule has 106 valence electrons. The summed E-state index contributed by atoms with van der Waals surface area (Å²) in [6, 6.07) is 5.46. The first kappa shape index (κ1) is 14.2. The van der Waals surface area contributed by atoms with E-state index in [1.807, 2.05) is 12.1 Å². The Morgan fingerprint density at radius 3 is 2.74 bits per heavy atom. The molecule has 1 aromatic carbocycles. The highest BCUT2D eigenvalue weighted by molar-refractivity contribution is 5.45. The molecule has 1 heterocycles. The third-order valence-electron chi connectivity index (χ3n) is 3.05. The van der Waals surface area contributed by atoms with E-state index in [1.165, 1.54) is 0 Å². The highest BCUT2D eigenvalue weighted by atomic mass is 16.7. The normalized spacial score (nSPS) is 15.6. The van der Waals surface area contributed by atoms with Crippen LogP contribution in [0.4, 0.5) is 0 Å². The quantitative estimate of drug-likeness (QED) is 0.832. The second-order valence-electron chi connectivity index (χ2n) is 6.01. The Bertz CT molecular complexity index is 423. The van der Waals surface area contributed by atoms with Crippen molar-refractivity contribution in [3.63, 3.8) is 0 Å². The van der Waals surface area contributed by atoms with Crippen LogP contribution in [0.1, 0.15) is 38.9 Å². The van der Waals surface area contributed by atoms with E-state index in [-0.39, 0.29) is 12.2 Å². The monoisotopic (exact) mass is 266 g/mol. The molecule has 1 N–H and O–H groups in total. The van der Waals surface area contributed by atoms with Crippen LogP contribution in [0.5, 0.6) is 11.5 Å². The lowest BCUT2D eigenvalue weighted by molar-refractivity contribution is 0.0262. The lowest BCUT2D eigenvalue weighted by Gasteiger charge is -2.18. The predicted molar refractivity (Wildman–Crippen MR) is 72.4 cm³/mol. The van der Waals surface area contributed by atoms with E-state index >= 15 is 0 Å². The minimum Gasteiger partial charge on any atom is -0.454 e. The van der Waals surface area contributed by atoms with Crippen LogP contribution in [0, 0.1) is 5.41 Å². The summed E-state index contributed by atoms with van der Waals surface area (Å²) in [5.74, 6) is 1.41. The van der Waals surface area contributed by atoms with Crippen LogP contribution in [0.2, 0.25) is 0 Å². The molecule has 4 nitrogen and oxygen atoms in total. The number of benzene rings is 1. The highest BCUT2D eigenvalue weighted by Crippen LogP contribution is 2.34. The fraction of sp³-hybridized carbons (Fsp3) is 0.600. The third-order valence-corrected chi connectivity index (χ3v) is 3.05. The average molecular weight is 266 g/mol. The number of hydrogen-bond acceptors (Lipinski definition) is 4. The molecule has 1 aliphatic heterocycles. The van der Waals surface area contributed by atoms with Crippen LogP contribution in [0.15, 0.2) is 18.2 Å². The van der Waals surface area contributed by atoms with Gasteiger partial charge in [-0.2, -0.15) is 0 Å². The molecule has 2 rings (SSSR count). The summed E-state index contributed by atoms with van der Waals surface area (Å²) in [4.78, 5) is 0. The largest absolute Gasteiger partial charge is 0.454 e. The lowest BCUT2D eigenvalue weighted by Crippen LogP contribution is -2.13. The zero-order valence-corrected chi connectivity index (χ0v) is 11.8. The Morgan fingerprint density at radius 2 is 2.00 bits per heavy atom. The minimum atomic E-state index is -0.630. The zero-order valence-electron chi connectivity index (χ0n) is 11.8. The van der Waals surface area contributed by atoms with Gasteiger partial charge in [-0.05, 0) is 29.5 Å². The van der Waals surface area contributed by atoms with Gasteiger partial charge in [0.15, 0.2) is 11.5 Å². The summed E-state index contributed by atoms with van der Waals surface area (Å²) in [6.45, 7) is 7.72. The van der Waals surface area contributed by atoms with Crippen molar-refractivity contribution in [2.45, 2.75) is 33.3 Å². The number of ether oxygens (including phenoxy) is 3. The number of aliphatic hydroxyl groups excluding tert-OH is 1. The van der Waals surface area contributed by atoms with E-state index in [2.05, 4.69) is 20.8 Å². The molecule has 0 spiro atoms. The van der Waals surface area contributed by atoms with Gasteiger partial charge >= 0.3 is 0 Å². The maximum atomic E-state index is 10.1. The molecule has 1 aromatic rings. The molecule has 1 aliphatic rings. The first-order chi connectivity index (χ1) is 8.96. The molecule has 0 bridgehead atoms. The van der Waals surface area contributed by atoms with Crippen molar-refractivity contribution in [2.24, 2.45) is 5.41 Å². The van der Waals surface area contributed by atoms with E-state index in [0.717, 1.165) is 17.7 Å². The van der Waals surface area contributed by atoms with Crippen LogP contribution in [0.25, 0.3) is 0 Å². The van der Waals surface area contributed by atoms with Crippen LogP contribution in [0.3, 0.4) is 0 Å². The van der Waals surface area contributed by atoms with Crippen molar-refractivity contribution >= 4 is 0 Å². The van der Waals surface area contributed by atoms with Gasteiger partial charge in [0.1, 0.15) is 6.10 Å². The molecule has 0 amide bonds. The molecular formula is C15H22O4. The SMILES string of the molecule is CC(C)(C)CCOCC(O)c1ccc2c(c1)OCO2.